The van der Waals surface area contributed by atoms with Gasteiger partial charge in [0.15, 0.2) is 0 Å². The predicted molar refractivity (Wildman–Crippen MR) is 110 cm³/mol. The molecule has 0 saturated carbocycles. The molecule has 1 N–H and O–H groups in total. The highest BCUT2D eigenvalue weighted by Crippen LogP contribution is 2.27. The van der Waals surface area contributed by atoms with Crippen LogP contribution in [0.3, 0.4) is 0 Å². The van der Waals surface area contributed by atoms with Crippen LogP contribution in [-0.2, 0) is 16.1 Å². The van der Waals surface area contributed by atoms with Crippen molar-refractivity contribution in [3.8, 4) is 0 Å². The summed E-state index contributed by atoms with van der Waals surface area (Å²) in [6.45, 7) is 6.39. The molecule has 0 aliphatic rings. The molecule has 3 aromatic carbocycles. The van der Waals surface area contributed by atoms with Gasteiger partial charge in [-0.25, -0.2) is 0 Å². The summed E-state index contributed by atoms with van der Waals surface area (Å²) in [5.41, 5.74) is 1.82. The molecule has 0 fully saturated rings. The summed E-state index contributed by atoms with van der Waals surface area (Å²) < 4.78 is 5.57. The molecule has 0 aliphatic carbocycles. The van der Waals surface area contributed by atoms with Gasteiger partial charge < -0.3 is 10.1 Å². The standard InChI is InChI=1S/C24H27NO2/c1-24(2,3)27-23(26)16-22(25-17-18-10-5-4-6-11-18)21-15-9-13-19-12-7-8-14-20(19)21/h4-15,22,25H,16-17H2,1-3H3/t22-/m1/s1. The van der Waals surface area contributed by atoms with Gasteiger partial charge in [0, 0.05) is 12.6 Å². The molecule has 27 heavy (non-hydrogen) atoms. The van der Waals surface area contributed by atoms with Crippen LogP contribution in [0.15, 0.2) is 72.8 Å². The monoisotopic (exact) mass is 361 g/mol. The maximum atomic E-state index is 12.5. The Labute approximate surface area is 161 Å². The van der Waals surface area contributed by atoms with E-state index in [1.54, 1.807) is 0 Å². The lowest BCUT2D eigenvalue weighted by molar-refractivity contribution is -0.155. The molecule has 1 atom stereocenters. The molecule has 0 heterocycles. The Balaban J connectivity index is 1.87. The molecular formula is C24H27NO2. The average molecular weight is 361 g/mol. The second-order valence-electron chi connectivity index (χ2n) is 7.78. The third kappa shape index (κ3) is 5.41. The van der Waals surface area contributed by atoms with Gasteiger partial charge in [-0.15, -0.1) is 0 Å². The zero-order valence-electron chi connectivity index (χ0n) is 16.2. The van der Waals surface area contributed by atoms with E-state index in [9.17, 15) is 4.79 Å². The van der Waals surface area contributed by atoms with E-state index < -0.39 is 5.60 Å². The fraction of sp³-hybridized carbons (Fsp3) is 0.292. The van der Waals surface area contributed by atoms with Crippen molar-refractivity contribution in [2.24, 2.45) is 0 Å². The summed E-state index contributed by atoms with van der Waals surface area (Å²) in [7, 11) is 0. The van der Waals surface area contributed by atoms with E-state index in [0.29, 0.717) is 6.54 Å². The fourth-order valence-electron chi connectivity index (χ4n) is 3.23. The molecule has 0 spiro atoms. The number of rotatable bonds is 6. The lowest BCUT2D eigenvalue weighted by atomic mass is 9.96. The Morgan fingerprint density at radius 2 is 1.59 bits per heavy atom. The highest BCUT2D eigenvalue weighted by atomic mass is 16.6. The number of fused-ring (bicyclic) bond motifs is 1. The van der Waals surface area contributed by atoms with Crippen molar-refractivity contribution in [1.29, 1.82) is 0 Å². The van der Waals surface area contributed by atoms with Crippen LogP contribution in [0.4, 0.5) is 0 Å². The third-order valence-corrected chi connectivity index (χ3v) is 4.38. The van der Waals surface area contributed by atoms with Crippen molar-refractivity contribution in [2.45, 2.75) is 45.4 Å². The molecule has 0 unspecified atom stereocenters. The Kier molecular flexibility index (Phi) is 5.92. The van der Waals surface area contributed by atoms with Crippen molar-refractivity contribution in [3.05, 3.63) is 83.9 Å². The number of carbonyl (C=O) groups excluding carboxylic acids is 1. The van der Waals surface area contributed by atoms with E-state index >= 15 is 0 Å². The Morgan fingerprint density at radius 3 is 2.33 bits per heavy atom. The van der Waals surface area contributed by atoms with Crippen molar-refractivity contribution in [1.82, 2.24) is 5.32 Å². The number of nitrogens with one attached hydrogen (secondary N) is 1. The normalized spacial score (nSPS) is 12.7. The van der Waals surface area contributed by atoms with Crippen molar-refractivity contribution in [3.63, 3.8) is 0 Å². The molecule has 140 valence electrons. The van der Waals surface area contributed by atoms with Crippen LogP contribution in [-0.4, -0.2) is 11.6 Å². The van der Waals surface area contributed by atoms with Crippen molar-refractivity contribution in [2.75, 3.05) is 0 Å². The van der Waals surface area contributed by atoms with E-state index in [4.69, 9.17) is 4.74 Å². The summed E-state index contributed by atoms with van der Waals surface area (Å²) in [6.07, 6.45) is 0.290. The predicted octanol–water partition coefficient (Wildman–Crippen LogP) is 5.40. The van der Waals surface area contributed by atoms with Gasteiger partial charge in [0.05, 0.1) is 6.42 Å². The van der Waals surface area contributed by atoms with Crippen molar-refractivity contribution >= 4 is 16.7 Å². The van der Waals surface area contributed by atoms with Crippen LogP contribution < -0.4 is 5.32 Å². The van der Waals surface area contributed by atoms with E-state index in [1.165, 1.54) is 10.9 Å². The number of ether oxygens (including phenoxy) is 1. The number of hydrogen-bond acceptors (Lipinski definition) is 3. The minimum absolute atomic E-state index is 0.119. The largest absolute Gasteiger partial charge is 0.460 e. The number of esters is 1. The number of carbonyl (C=O) groups is 1. The quantitative estimate of drug-likeness (QED) is 0.597. The first-order valence-corrected chi connectivity index (χ1v) is 9.39. The van der Waals surface area contributed by atoms with Crippen LogP contribution in [0.25, 0.3) is 10.8 Å². The first-order chi connectivity index (χ1) is 12.9. The lowest BCUT2D eigenvalue weighted by Crippen LogP contribution is -2.29. The Bertz CT molecular complexity index is 892. The zero-order valence-corrected chi connectivity index (χ0v) is 16.2. The van der Waals surface area contributed by atoms with Crippen LogP contribution in [0.5, 0.6) is 0 Å². The lowest BCUT2D eigenvalue weighted by Gasteiger charge is -2.24. The van der Waals surface area contributed by atoms with E-state index in [0.717, 1.165) is 10.9 Å². The summed E-state index contributed by atoms with van der Waals surface area (Å²) in [6, 6.07) is 24.6. The summed E-state index contributed by atoms with van der Waals surface area (Å²) in [5.74, 6) is -0.194. The first-order valence-electron chi connectivity index (χ1n) is 9.39. The molecule has 3 rings (SSSR count). The molecule has 3 aromatic rings. The van der Waals surface area contributed by atoms with Gasteiger partial charge in [0.1, 0.15) is 5.60 Å². The molecule has 0 aliphatic heterocycles. The summed E-state index contributed by atoms with van der Waals surface area (Å²) >= 11 is 0. The van der Waals surface area contributed by atoms with Crippen LogP contribution in [0.2, 0.25) is 0 Å². The van der Waals surface area contributed by atoms with Gasteiger partial charge in [0.2, 0.25) is 0 Å². The number of hydrogen-bond donors (Lipinski definition) is 1. The molecule has 0 saturated heterocycles. The average Bonchev–Trinajstić information content (AvgIpc) is 2.64. The highest BCUT2D eigenvalue weighted by molar-refractivity contribution is 5.86. The van der Waals surface area contributed by atoms with E-state index in [-0.39, 0.29) is 18.4 Å². The fourth-order valence-corrected chi connectivity index (χ4v) is 3.23. The zero-order chi connectivity index (χ0) is 19.3. The van der Waals surface area contributed by atoms with Crippen molar-refractivity contribution < 1.29 is 9.53 Å². The second kappa shape index (κ2) is 8.36. The van der Waals surface area contributed by atoms with Crippen LogP contribution >= 0.6 is 0 Å². The van der Waals surface area contributed by atoms with E-state index in [1.807, 2.05) is 57.2 Å². The third-order valence-electron chi connectivity index (χ3n) is 4.38. The Morgan fingerprint density at radius 1 is 0.926 bits per heavy atom. The number of benzene rings is 3. The smallest absolute Gasteiger partial charge is 0.308 e. The van der Waals surface area contributed by atoms with Gasteiger partial charge in [-0.1, -0.05) is 72.8 Å². The molecule has 0 radical (unpaired) electrons. The molecule has 3 heteroatoms. The second-order valence-corrected chi connectivity index (χ2v) is 7.78. The molecule has 0 aromatic heterocycles. The Hall–Kier alpha value is -2.65. The molecule has 0 amide bonds. The molecule has 3 nitrogen and oxygen atoms in total. The van der Waals surface area contributed by atoms with Gasteiger partial charge in [0.25, 0.3) is 0 Å². The van der Waals surface area contributed by atoms with Gasteiger partial charge >= 0.3 is 5.97 Å². The molecule has 0 bridgehead atoms. The van der Waals surface area contributed by atoms with E-state index in [2.05, 4.69) is 41.7 Å². The minimum Gasteiger partial charge on any atom is -0.460 e. The first kappa shape index (κ1) is 19.1. The van der Waals surface area contributed by atoms with Crippen LogP contribution in [0.1, 0.15) is 44.4 Å². The SMILES string of the molecule is CC(C)(C)OC(=O)C[C@@H](NCc1ccccc1)c1cccc2ccccc12. The summed E-state index contributed by atoms with van der Waals surface area (Å²) in [5, 5.41) is 5.89. The summed E-state index contributed by atoms with van der Waals surface area (Å²) in [4.78, 5) is 12.5. The molecular weight excluding hydrogens is 334 g/mol. The minimum atomic E-state index is -0.486. The van der Waals surface area contributed by atoms with Gasteiger partial charge in [-0.05, 0) is 42.7 Å². The maximum Gasteiger partial charge on any atom is 0.308 e. The highest BCUT2D eigenvalue weighted by Gasteiger charge is 2.22. The topological polar surface area (TPSA) is 38.3 Å². The van der Waals surface area contributed by atoms with Gasteiger partial charge in [-0.2, -0.15) is 0 Å². The maximum absolute atomic E-state index is 12.5. The van der Waals surface area contributed by atoms with Crippen LogP contribution in [0, 0.1) is 0 Å². The van der Waals surface area contributed by atoms with Gasteiger partial charge in [-0.3, -0.25) is 4.79 Å².